The highest BCUT2D eigenvalue weighted by atomic mass is 32.2. The van der Waals surface area contributed by atoms with Crippen LogP contribution in [0.5, 0.6) is 5.75 Å². The molecule has 8 heteroatoms. The van der Waals surface area contributed by atoms with E-state index in [0.29, 0.717) is 18.5 Å². The van der Waals surface area contributed by atoms with Crippen LogP contribution < -0.4 is 10.1 Å². The standard InChI is InChI=1S/C20H20F2N2O3S/c1-20(21,22)14-3-2-4-15(13-14)28(25,26)24-11-8-16-17-7-9-23-10-12-27-19(17)6-5-18(16)24/h2-6,8,11,13,23H,7,9-10,12H2,1H3. The van der Waals surface area contributed by atoms with E-state index in [0.717, 1.165) is 46.8 Å². The molecule has 28 heavy (non-hydrogen) atoms. The van der Waals surface area contributed by atoms with Crippen molar-refractivity contribution in [3.8, 4) is 5.75 Å². The predicted molar refractivity (Wildman–Crippen MR) is 103 cm³/mol. The molecule has 1 aromatic heterocycles. The van der Waals surface area contributed by atoms with Crippen LogP contribution in [0.15, 0.2) is 53.6 Å². The van der Waals surface area contributed by atoms with Gasteiger partial charge in [-0.05, 0) is 43.3 Å². The molecule has 0 bridgehead atoms. The summed E-state index contributed by atoms with van der Waals surface area (Å²) in [5.74, 6) is -2.37. The molecule has 1 aliphatic heterocycles. The lowest BCUT2D eigenvalue weighted by Gasteiger charge is -2.17. The summed E-state index contributed by atoms with van der Waals surface area (Å²) < 4.78 is 60.5. The molecule has 1 N–H and O–H groups in total. The predicted octanol–water partition coefficient (Wildman–Crippen LogP) is 3.51. The lowest BCUT2D eigenvalue weighted by Crippen LogP contribution is -2.26. The molecule has 0 spiro atoms. The summed E-state index contributed by atoms with van der Waals surface area (Å²) in [6, 6.07) is 10.1. The van der Waals surface area contributed by atoms with E-state index < -0.39 is 15.9 Å². The van der Waals surface area contributed by atoms with Gasteiger partial charge in [-0.25, -0.2) is 21.2 Å². The van der Waals surface area contributed by atoms with Crippen molar-refractivity contribution in [3.63, 3.8) is 0 Å². The second-order valence-corrected chi connectivity index (χ2v) is 8.67. The Morgan fingerprint density at radius 3 is 2.75 bits per heavy atom. The summed E-state index contributed by atoms with van der Waals surface area (Å²) in [5, 5.41) is 4.03. The SMILES string of the molecule is CC(F)(F)c1cccc(S(=O)(=O)n2ccc3c4c(ccc32)OCCNCC4)c1. The van der Waals surface area contributed by atoms with E-state index >= 15 is 0 Å². The van der Waals surface area contributed by atoms with Gasteiger partial charge in [0.1, 0.15) is 12.4 Å². The van der Waals surface area contributed by atoms with Crippen LogP contribution in [0.4, 0.5) is 8.78 Å². The van der Waals surface area contributed by atoms with Crippen LogP contribution in [0.1, 0.15) is 18.1 Å². The van der Waals surface area contributed by atoms with Crippen LogP contribution in [-0.2, 0) is 22.4 Å². The summed E-state index contributed by atoms with van der Waals surface area (Å²) in [6.07, 6.45) is 2.16. The van der Waals surface area contributed by atoms with Gasteiger partial charge in [0, 0.05) is 36.2 Å². The van der Waals surface area contributed by atoms with Crippen LogP contribution in [-0.4, -0.2) is 32.1 Å². The van der Waals surface area contributed by atoms with E-state index in [1.165, 1.54) is 24.4 Å². The summed E-state index contributed by atoms with van der Waals surface area (Å²) in [6.45, 7) is 2.80. The van der Waals surface area contributed by atoms with Gasteiger partial charge in [0.25, 0.3) is 15.9 Å². The quantitative estimate of drug-likeness (QED) is 0.723. The minimum absolute atomic E-state index is 0.173. The molecular weight excluding hydrogens is 386 g/mol. The first-order chi connectivity index (χ1) is 13.3. The molecule has 2 heterocycles. The normalized spacial score (nSPS) is 15.5. The lowest BCUT2D eigenvalue weighted by molar-refractivity contribution is 0.0172. The van der Waals surface area contributed by atoms with Crippen molar-refractivity contribution in [1.82, 2.24) is 9.29 Å². The van der Waals surface area contributed by atoms with E-state index in [9.17, 15) is 17.2 Å². The molecule has 3 aromatic rings. The maximum Gasteiger partial charge on any atom is 0.270 e. The summed E-state index contributed by atoms with van der Waals surface area (Å²) in [4.78, 5) is -0.173. The molecule has 0 amide bonds. The van der Waals surface area contributed by atoms with Gasteiger partial charge in [-0.1, -0.05) is 12.1 Å². The van der Waals surface area contributed by atoms with Crippen molar-refractivity contribution in [2.75, 3.05) is 19.7 Å². The van der Waals surface area contributed by atoms with Crippen LogP contribution >= 0.6 is 0 Å². The topological polar surface area (TPSA) is 60.3 Å². The Morgan fingerprint density at radius 2 is 1.96 bits per heavy atom. The van der Waals surface area contributed by atoms with Crippen molar-refractivity contribution in [2.45, 2.75) is 24.2 Å². The van der Waals surface area contributed by atoms with Gasteiger partial charge in [0.15, 0.2) is 0 Å². The van der Waals surface area contributed by atoms with Gasteiger partial charge in [0.05, 0.1) is 10.4 Å². The van der Waals surface area contributed by atoms with E-state index in [2.05, 4.69) is 5.32 Å². The lowest BCUT2D eigenvalue weighted by atomic mass is 10.1. The van der Waals surface area contributed by atoms with Gasteiger partial charge in [-0.2, -0.15) is 0 Å². The zero-order valence-corrected chi connectivity index (χ0v) is 16.1. The molecule has 1 aliphatic rings. The van der Waals surface area contributed by atoms with Gasteiger partial charge in [-0.15, -0.1) is 0 Å². The molecule has 0 aliphatic carbocycles. The number of hydrogen-bond acceptors (Lipinski definition) is 4. The average Bonchev–Trinajstić information content (AvgIpc) is 3.06. The highest BCUT2D eigenvalue weighted by Crippen LogP contribution is 2.33. The second-order valence-electron chi connectivity index (χ2n) is 6.86. The third-order valence-electron chi connectivity index (χ3n) is 4.89. The fourth-order valence-electron chi connectivity index (χ4n) is 3.45. The number of rotatable bonds is 3. The Bertz CT molecular complexity index is 1130. The number of halogens is 2. The van der Waals surface area contributed by atoms with Gasteiger partial charge < -0.3 is 10.1 Å². The third-order valence-corrected chi connectivity index (χ3v) is 6.58. The van der Waals surface area contributed by atoms with Gasteiger partial charge in [0.2, 0.25) is 0 Å². The van der Waals surface area contributed by atoms with Crippen LogP contribution in [0.3, 0.4) is 0 Å². The molecule has 0 fully saturated rings. The monoisotopic (exact) mass is 406 g/mol. The fourth-order valence-corrected chi connectivity index (χ4v) is 4.84. The zero-order valence-electron chi connectivity index (χ0n) is 15.3. The zero-order chi connectivity index (χ0) is 19.9. The maximum atomic E-state index is 13.7. The largest absolute Gasteiger partial charge is 0.492 e. The Hall–Kier alpha value is -2.45. The first kappa shape index (κ1) is 18.9. The molecular formula is C20H20F2N2O3S. The van der Waals surface area contributed by atoms with Crippen LogP contribution in [0.2, 0.25) is 0 Å². The third kappa shape index (κ3) is 3.27. The van der Waals surface area contributed by atoms with Crippen molar-refractivity contribution in [3.05, 3.63) is 59.8 Å². The Balaban J connectivity index is 1.84. The molecule has 2 aromatic carbocycles. The van der Waals surface area contributed by atoms with E-state index in [4.69, 9.17) is 4.74 Å². The van der Waals surface area contributed by atoms with Crippen molar-refractivity contribution >= 4 is 20.9 Å². The highest BCUT2D eigenvalue weighted by molar-refractivity contribution is 7.90. The van der Waals surface area contributed by atoms with Crippen LogP contribution in [0, 0.1) is 0 Å². The Morgan fingerprint density at radius 1 is 1.14 bits per heavy atom. The molecule has 0 radical (unpaired) electrons. The number of benzene rings is 2. The number of nitrogens with zero attached hydrogens (tertiary/aromatic N) is 1. The maximum absolute atomic E-state index is 13.7. The highest BCUT2D eigenvalue weighted by Gasteiger charge is 2.27. The molecule has 148 valence electrons. The second kappa shape index (κ2) is 6.86. The minimum atomic E-state index is -4.02. The van der Waals surface area contributed by atoms with E-state index in [1.807, 2.05) is 0 Å². The average molecular weight is 406 g/mol. The number of aromatic nitrogens is 1. The Kier molecular flexibility index (Phi) is 4.63. The molecule has 0 atom stereocenters. The minimum Gasteiger partial charge on any atom is -0.492 e. The van der Waals surface area contributed by atoms with E-state index in [1.54, 1.807) is 18.2 Å². The van der Waals surface area contributed by atoms with E-state index in [-0.39, 0.29) is 10.5 Å². The number of alkyl halides is 2. The summed E-state index contributed by atoms with van der Waals surface area (Å²) in [7, 11) is -4.02. The summed E-state index contributed by atoms with van der Waals surface area (Å²) in [5.41, 5.74) is 1.10. The fraction of sp³-hybridized carbons (Fsp3) is 0.300. The summed E-state index contributed by atoms with van der Waals surface area (Å²) >= 11 is 0. The first-order valence-electron chi connectivity index (χ1n) is 8.99. The molecule has 0 saturated carbocycles. The van der Waals surface area contributed by atoms with Crippen molar-refractivity contribution in [2.24, 2.45) is 0 Å². The molecule has 5 nitrogen and oxygen atoms in total. The smallest absolute Gasteiger partial charge is 0.270 e. The van der Waals surface area contributed by atoms with Gasteiger partial charge >= 0.3 is 0 Å². The van der Waals surface area contributed by atoms with Crippen LogP contribution in [0.25, 0.3) is 10.9 Å². The van der Waals surface area contributed by atoms with Gasteiger partial charge in [-0.3, -0.25) is 0 Å². The number of nitrogens with one attached hydrogen (secondary N) is 1. The number of fused-ring (bicyclic) bond motifs is 3. The Labute approximate surface area is 162 Å². The van der Waals surface area contributed by atoms with Crippen molar-refractivity contribution < 1.29 is 21.9 Å². The molecule has 0 unspecified atom stereocenters. The molecule has 0 saturated heterocycles. The molecule has 4 rings (SSSR count). The number of ether oxygens (including phenoxy) is 1. The first-order valence-corrected chi connectivity index (χ1v) is 10.4. The number of hydrogen-bond donors (Lipinski definition) is 1. The van der Waals surface area contributed by atoms with Crippen molar-refractivity contribution in [1.29, 1.82) is 0 Å².